The lowest BCUT2D eigenvalue weighted by atomic mass is 10.0. The van der Waals surface area contributed by atoms with Crippen LogP contribution in [-0.2, 0) is 11.8 Å². The number of piperidine rings is 1. The molecule has 1 atom stereocenters. The third kappa shape index (κ3) is 4.21. The van der Waals surface area contributed by atoms with Gasteiger partial charge in [0.25, 0.3) is 0 Å². The fraction of sp³-hybridized carbons (Fsp3) is 0.379. The van der Waals surface area contributed by atoms with E-state index >= 15 is 0 Å². The Kier molecular flexibility index (Phi) is 6.55. The van der Waals surface area contributed by atoms with Crippen LogP contribution in [0.25, 0.3) is 33.5 Å². The van der Waals surface area contributed by atoms with Crippen molar-refractivity contribution >= 4 is 28.0 Å². The SMILES string of the molecule is COc1cc(N2CCCCC2N2CCOCC2)c(N)c(-c2nccc(-c3cn(C)c4ccccc34)n2)c1N. The maximum absolute atomic E-state index is 6.94. The summed E-state index contributed by atoms with van der Waals surface area (Å²) >= 11 is 0. The van der Waals surface area contributed by atoms with Gasteiger partial charge in [0, 0.05) is 61.6 Å². The summed E-state index contributed by atoms with van der Waals surface area (Å²) in [5.41, 5.74) is 19.2. The molecule has 0 bridgehead atoms. The normalized spacial score (nSPS) is 18.7. The van der Waals surface area contributed by atoms with E-state index in [0.29, 0.717) is 28.5 Å². The number of nitrogens with zero attached hydrogens (tertiary/aromatic N) is 5. The highest BCUT2D eigenvalue weighted by molar-refractivity contribution is 5.97. The first-order valence-electron chi connectivity index (χ1n) is 13.3. The molecule has 0 aliphatic carbocycles. The largest absolute Gasteiger partial charge is 0.494 e. The van der Waals surface area contributed by atoms with Crippen LogP contribution in [0.15, 0.2) is 48.8 Å². The molecule has 9 heteroatoms. The van der Waals surface area contributed by atoms with Crippen molar-refractivity contribution in [2.75, 3.05) is 56.3 Å². The Morgan fingerprint density at radius 1 is 1.03 bits per heavy atom. The summed E-state index contributed by atoms with van der Waals surface area (Å²) in [6.45, 7) is 4.25. The molecule has 38 heavy (non-hydrogen) atoms. The van der Waals surface area contributed by atoms with Gasteiger partial charge < -0.3 is 30.4 Å². The first kappa shape index (κ1) is 24.5. The number of fused-ring (bicyclic) bond motifs is 1. The van der Waals surface area contributed by atoms with Gasteiger partial charge in [0.15, 0.2) is 5.82 Å². The predicted octanol–water partition coefficient (Wildman–Crippen LogP) is 4.12. The van der Waals surface area contributed by atoms with Crippen molar-refractivity contribution in [3.8, 4) is 28.4 Å². The van der Waals surface area contributed by atoms with Gasteiger partial charge in [0.05, 0.1) is 54.8 Å². The van der Waals surface area contributed by atoms with E-state index in [4.69, 9.17) is 25.9 Å². The second kappa shape index (κ2) is 10.2. The Morgan fingerprint density at radius 3 is 2.66 bits per heavy atom. The van der Waals surface area contributed by atoms with Gasteiger partial charge in [0.1, 0.15) is 5.75 Å². The molecule has 2 aliphatic heterocycles. The molecular formula is C29H35N7O2. The molecule has 4 heterocycles. The van der Waals surface area contributed by atoms with Crippen LogP contribution >= 0.6 is 0 Å². The van der Waals surface area contributed by atoms with Crippen LogP contribution in [0.1, 0.15) is 19.3 Å². The summed E-state index contributed by atoms with van der Waals surface area (Å²) in [6, 6.07) is 12.2. The van der Waals surface area contributed by atoms with Crippen LogP contribution in [0, 0.1) is 0 Å². The molecule has 9 nitrogen and oxygen atoms in total. The Bertz CT molecular complexity index is 1460. The van der Waals surface area contributed by atoms with Gasteiger partial charge in [0.2, 0.25) is 0 Å². The van der Waals surface area contributed by atoms with Crippen LogP contribution in [0.5, 0.6) is 5.75 Å². The van der Waals surface area contributed by atoms with E-state index in [-0.39, 0.29) is 6.17 Å². The molecule has 1 unspecified atom stereocenters. The molecule has 2 saturated heterocycles. The maximum Gasteiger partial charge on any atom is 0.164 e. The van der Waals surface area contributed by atoms with Crippen molar-refractivity contribution < 1.29 is 9.47 Å². The van der Waals surface area contributed by atoms with Crippen molar-refractivity contribution in [3.05, 3.63) is 48.8 Å². The van der Waals surface area contributed by atoms with Crippen LogP contribution in [0.3, 0.4) is 0 Å². The van der Waals surface area contributed by atoms with Crippen LogP contribution in [-0.4, -0.2) is 65.6 Å². The third-order valence-electron chi connectivity index (χ3n) is 7.87. The highest BCUT2D eigenvalue weighted by Crippen LogP contribution is 2.45. The zero-order chi connectivity index (χ0) is 26.2. The summed E-state index contributed by atoms with van der Waals surface area (Å²) in [5, 5.41) is 1.13. The number of rotatable bonds is 5. The van der Waals surface area contributed by atoms with Crippen molar-refractivity contribution in [1.82, 2.24) is 19.4 Å². The van der Waals surface area contributed by atoms with Crippen LogP contribution < -0.4 is 21.1 Å². The molecule has 4 N–H and O–H groups in total. The van der Waals surface area contributed by atoms with Crippen molar-refractivity contribution in [3.63, 3.8) is 0 Å². The number of methoxy groups -OCH3 is 1. The number of anilines is 3. The van der Waals surface area contributed by atoms with E-state index in [9.17, 15) is 0 Å². The zero-order valence-corrected chi connectivity index (χ0v) is 22.1. The molecule has 2 aromatic carbocycles. The number of benzene rings is 2. The number of nitrogens with two attached hydrogens (primary N) is 2. The Hall–Kier alpha value is -3.82. The zero-order valence-electron chi connectivity index (χ0n) is 22.1. The van der Waals surface area contributed by atoms with Crippen molar-refractivity contribution in [2.45, 2.75) is 25.4 Å². The molecule has 0 radical (unpaired) electrons. The van der Waals surface area contributed by atoms with E-state index in [1.165, 1.54) is 6.42 Å². The molecule has 2 aromatic heterocycles. The molecule has 2 aliphatic rings. The summed E-state index contributed by atoms with van der Waals surface area (Å²) in [5.74, 6) is 1.07. The lowest BCUT2D eigenvalue weighted by Crippen LogP contribution is -2.54. The molecule has 6 rings (SSSR count). The molecule has 4 aromatic rings. The van der Waals surface area contributed by atoms with Crippen LogP contribution in [0.2, 0.25) is 0 Å². The third-order valence-corrected chi connectivity index (χ3v) is 7.87. The first-order chi connectivity index (χ1) is 18.6. The van der Waals surface area contributed by atoms with Gasteiger partial charge in [-0.25, -0.2) is 9.97 Å². The average molecular weight is 514 g/mol. The molecule has 0 saturated carbocycles. The van der Waals surface area contributed by atoms with Gasteiger partial charge in [-0.15, -0.1) is 0 Å². The molecular weight excluding hydrogens is 478 g/mol. The molecule has 0 spiro atoms. The fourth-order valence-corrected chi connectivity index (χ4v) is 5.95. The minimum Gasteiger partial charge on any atom is -0.494 e. The minimum absolute atomic E-state index is 0.249. The molecule has 2 fully saturated rings. The predicted molar refractivity (Wildman–Crippen MR) is 152 cm³/mol. The summed E-state index contributed by atoms with van der Waals surface area (Å²) in [6.07, 6.45) is 7.49. The number of ether oxygens (including phenoxy) is 2. The summed E-state index contributed by atoms with van der Waals surface area (Å²) < 4.78 is 13.5. The van der Waals surface area contributed by atoms with E-state index < -0.39 is 0 Å². The Balaban J connectivity index is 1.46. The number of para-hydroxylation sites is 1. The summed E-state index contributed by atoms with van der Waals surface area (Å²) in [4.78, 5) is 14.5. The number of hydrogen-bond donors (Lipinski definition) is 2. The van der Waals surface area contributed by atoms with Gasteiger partial charge in [-0.1, -0.05) is 18.2 Å². The number of hydrogen-bond acceptors (Lipinski definition) is 8. The Morgan fingerprint density at radius 2 is 1.84 bits per heavy atom. The van der Waals surface area contributed by atoms with Crippen molar-refractivity contribution in [1.29, 1.82) is 0 Å². The minimum atomic E-state index is 0.249. The van der Waals surface area contributed by atoms with Crippen molar-refractivity contribution in [2.24, 2.45) is 7.05 Å². The topological polar surface area (TPSA) is 108 Å². The highest BCUT2D eigenvalue weighted by Gasteiger charge is 2.32. The number of aryl methyl sites for hydroxylation is 1. The monoisotopic (exact) mass is 513 g/mol. The van der Waals surface area contributed by atoms with E-state index in [2.05, 4.69) is 37.7 Å². The standard InChI is InChI=1S/C29H35N7O2/c1-34-18-20(19-7-3-4-8-22(19)34)21-10-11-32-29(33-21)26-27(30)23(17-24(37-2)28(26)31)36-12-6-5-9-25(36)35-13-15-38-16-14-35/h3-4,7-8,10-11,17-18,25H,5-6,9,12-16,30-31H2,1-2H3. The maximum atomic E-state index is 6.94. The first-order valence-corrected chi connectivity index (χ1v) is 13.3. The number of morpholine rings is 1. The lowest BCUT2D eigenvalue weighted by molar-refractivity contribution is 0.0108. The number of aromatic nitrogens is 3. The van der Waals surface area contributed by atoms with Gasteiger partial charge >= 0.3 is 0 Å². The number of nitrogen functional groups attached to an aromatic ring is 2. The Labute approximate surface area is 223 Å². The molecule has 198 valence electrons. The second-order valence-electron chi connectivity index (χ2n) is 10.1. The smallest absolute Gasteiger partial charge is 0.164 e. The average Bonchev–Trinajstić information content (AvgIpc) is 3.30. The van der Waals surface area contributed by atoms with E-state index in [1.54, 1.807) is 13.3 Å². The van der Waals surface area contributed by atoms with Gasteiger partial charge in [-0.2, -0.15) is 0 Å². The lowest BCUT2D eigenvalue weighted by Gasteiger charge is -2.45. The van der Waals surface area contributed by atoms with Gasteiger partial charge in [-0.3, -0.25) is 4.90 Å². The van der Waals surface area contributed by atoms with Gasteiger partial charge in [-0.05, 0) is 31.4 Å². The second-order valence-corrected chi connectivity index (χ2v) is 10.1. The summed E-state index contributed by atoms with van der Waals surface area (Å²) in [7, 11) is 3.68. The fourth-order valence-electron chi connectivity index (χ4n) is 5.95. The quantitative estimate of drug-likeness (QED) is 0.384. The van der Waals surface area contributed by atoms with E-state index in [1.807, 2.05) is 31.3 Å². The van der Waals surface area contributed by atoms with E-state index in [0.717, 1.165) is 73.5 Å². The van der Waals surface area contributed by atoms with Crippen LogP contribution in [0.4, 0.5) is 17.1 Å². The highest BCUT2D eigenvalue weighted by atomic mass is 16.5. The molecule has 0 amide bonds.